The number of nitrogens with zero attached hydrogens (tertiary/aromatic N) is 2. The van der Waals surface area contributed by atoms with Crippen LogP contribution in [0.3, 0.4) is 0 Å². The minimum atomic E-state index is -0.126. The number of hydrogen-bond donors (Lipinski definition) is 1. The lowest BCUT2D eigenvalue weighted by Crippen LogP contribution is -2.22. The smallest absolute Gasteiger partial charge is 0.251 e. The van der Waals surface area contributed by atoms with Crippen molar-refractivity contribution < 1.29 is 9.21 Å². The van der Waals surface area contributed by atoms with Crippen molar-refractivity contribution in [3.8, 4) is 5.69 Å². The van der Waals surface area contributed by atoms with Crippen molar-refractivity contribution in [2.75, 3.05) is 0 Å². The lowest BCUT2D eigenvalue weighted by Gasteiger charge is -2.05. The van der Waals surface area contributed by atoms with E-state index in [0.29, 0.717) is 12.1 Å². The van der Waals surface area contributed by atoms with Crippen molar-refractivity contribution in [2.24, 2.45) is 0 Å². The molecule has 0 unspecified atom stereocenters. The summed E-state index contributed by atoms with van der Waals surface area (Å²) in [6.45, 7) is 0.384. The third-order valence-corrected chi connectivity index (χ3v) is 2.94. The highest BCUT2D eigenvalue weighted by Gasteiger charge is 2.06. The Balaban J connectivity index is 1.66. The molecule has 0 fully saturated rings. The number of furan rings is 1. The fraction of sp³-hybridized carbons (Fsp3) is 0.0667. The molecule has 0 saturated heterocycles. The second-order valence-electron chi connectivity index (χ2n) is 4.28. The van der Waals surface area contributed by atoms with Crippen LogP contribution in [0.2, 0.25) is 0 Å². The van der Waals surface area contributed by atoms with E-state index in [2.05, 4.69) is 10.3 Å². The molecule has 0 aliphatic carbocycles. The maximum atomic E-state index is 12.0. The average molecular weight is 267 g/mol. The molecule has 20 heavy (non-hydrogen) atoms. The molecule has 5 nitrogen and oxygen atoms in total. The normalized spacial score (nSPS) is 10.4. The fourth-order valence-electron chi connectivity index (χ4n) is 1.88. The first kappa shape index (κ1) is 12.2. The van der Waals surface area contributed by atoms with Crippen LogP contribution in [0.5, 0.6) is 0 Å². The van der Waals surface area contributed by atoms with Crippen molar-refractivity contribution >= 4 is 5.91 Å². The van der Waals surface area contributed by atoms with Gasteiger partial charge in [-0.25, -0.2) is 4.98 Å². The van der Waals surface area contributed by atoms with Gasteiger partial charge in [-0.05, 0) is 36.4 Å². The Morgan fingerprint density at radius 1 is 1.25 bits per heavy atom. The Morgan fingerprint density at radius 2 is 2.10 bits per heavy atom. The van der Waals surface area contributed by atoms with Crippen LogP contribution in [0.15, 0.2) is 65.8 Å². The maximum Gasteiger partial charge on any atom is 0.251 e. The van der Waals surface area contributed by atoms with E-state index in [4.69, 9.17) is 4.42 Å². The van der Waals surface area contributed by atoms with E-state index >= 15 is 0 Å². The zero-order valence-corrected chi connectivity index (χ0v) is 10.7. The predicted molar refractivity (Wildman–Crippen MR) is 73.4 cm³/mol. The van der Waals surface area contributed by atoms with Crippen molar-refractivity contribution in [2.45, 2.75) is 6.54 Å². The number of imidazole rings is 1. The van der Waals surface area contributed by atoms with Crippen molar-refractivity contribution in [1.29, 1.82) is 0 Å². The maximum absolute atomic E-state index is 12.0. The number of nitrogens with one attached hydrogen (secondary N) is 1. The predicted octanol–water partition coefficient (Wildman–Crippen LogP) is 2.40. The molecule has 0 aliphatic heterocycles. The molecule has 1 amide bonds. The van der Waals surface area contributed by atoms with Crippen LogP contribution in [0.4, 0.5) is 0 Å². The van der Waals surface area contributed by atoms with Gasteiger partial charge >= 0.3 is 0 Å². The van der Waals surface area contributed by atoms with Crippen LogP contribution in [0, 0.1) is 0 Å². The van der Waals surface area contributed by atoms with E-state index in [1.54, 1.807) is 37.0 Å². The molecule has 0 bridgehead atoms. The molecule has 0 aliphatic rings. The summed E-state index contributed by atoms with van der Waals surface area (Å²) in [5, 5.41) is 2.80. The third kappa shape index (κ3) is 2.61. The highest BCUT2D eigenvalue weighted by molar-refractivity contribution is 5.94. The Hall–Kier alpha value is -2.82. The number of aromatic nitrogens is 2. The number of rotatable bonds is 4. The molecule has 100 valence electrons. The highest BCUT2D eigenvalue weighted by atomic mass is 16.3. The van der Waals surface area contributed by atoms with E-state index in [-0.39, 0.29) is 5.91 Å². The van der Waals surface area contributed by atoms with Crippen LogP contribution in [0.25, 0.3) is 5.69 Å². The van der Waals surface area contributed by atoms with E-state index in [1.807, 2.05) is 29.0 Å². The molecular formula is C15H13N3O2. The third-order valence-electron chi connectivity index (χ3n) is 2.94. The van der Waals surface area contributed by atoms with Gasteiger partial charge < -0.3 is 14.3 Å². The van der Waals surface area contributed by atoms with Crippen molar-refractivity contribution in [1.82, 2.24) is 14.9 Å². The van der Waals surface area contributed by atoms with Gasteiger partial charge in [-0.3, -0.25) is 4.79 Å². The standard InChI is InChI=1S/C15H13N3O2/c19-15(17-10-14-2-1-9-20-14)12-3-5-13(6-4-12)18-8-7-16-11-18/h1-9,11H,10H2,(H,17,19). The molecule has 1 aromatic carbocycles. The number of carbonyl (C=O) groups excluding carboxylic acids is 1. The average Bonchev–Trinajstić information content (AvgIpc) is 3.18. The molecule has 0 atom stereocenters. The zero-order valence-electron chi connectivity index (χ0n) is 10.7. The van der Waals surface area contributed by atoms with Gasteiger partial charge in [-0.1, -0.05) is 0 Å². The molecule has 0 radical (unpaired) electrons. The van der Waals surface area contributed by atoms with Gasteiger partial charge in [0.05, 0.1) is 19.1 Å². The van der Waals surface area contributed by atoms with Gasteiger partial charge in [-0.15, -0.1) is 0 Å². The first-order valence-corrected chi connectivity index (χ1v) is 6.22. The van der Waals surface area contributed by atoms with Gasteiger partial charge in [-0.2, -0.15) is 0 Å². The monoisotopic (exact) mass is 267 g/mol. The Morgan fingerprint density at radius 3 is 2.75 bits per heavy atom. The summed E-state index contributed by atoms with van der Waals surface area (Å²) in [6, 6.07) is 10.9. The molecular weight excluding hydrogens is 254 g/mol. The summed E-state index contributed by atoms with van der Waals surface area (Å²) >= 11 is 0. The molecule has 1 N–H and O–H groups in total. The summed E-state index contributed by atoms with van der Waals surface area (Å²) < 4.78 is 7.04. The summed E-state index contributed by atoms with van der Waals surface area (Å²) in [4.78, 5) is 16.0. The van der Waals surface area contributed by atoms with Crippen LogP contribution < -0.4 is 5.32 Å². The largest absolute Gasteiger partial charge is 0.467 e. The lowest BCUT2D eigenvalue weighted by atomic mass is 10.2. The second-order valence-corrected chi connectivity index (χ2v) is 4.28. The first-order valence-electron chi connectivity index (χ1n) is 6.22. The van der Waals surface area contributed by atoms with Gasteiger partial charge in [0.2, 0.25) is 0 Å². The SMILES string of the molecule is O=C(NCc1ccco1)c1ccc(-n2ccnc2)cc1. The number of amides is 1. The minimum absolute atomic E-state index is 0.126. The van der Waals surface area contributed by atoms with Gasteiger partial charge in [0.25, 0.3) is 5.91 Å². The van der Waals surface area contributed by atoms with Crippen LogP contribution in [0.1, 0.15) is 16.1 Å². The summed E-state index contributed by atoms with van der Waals surface area (Å²) in [5.74, 6) is 0.604. The first-order chi connectivity index (χ1) is 9.83. The van der Waals surface area contributed by atoms with Gasteiger partial charge in [0.15, 0.2) is 0 Å². The number of carbonyl (C=O) groups is 1. The van der Waals surface area contributed by atoms with E-state index in [0.717, 1.165) is 11.4 Å². The Kier molecular flexibility index (Phi) is 3.33. The quantitative estimate of drug-likeness (QED) is 0.789. The molecule has 0 spiro atoms. The zero-order chi connectivity index (χ0) is 13.8. The van der Waals surface area contributed by atoms with Gasteiger partial charge in [0.1, 0.15) is 5.76 Å². The molecule has 3 aromatic rings. The number of hydrogen-bond acceptors (Lipinski definition) is 3. The number of benzene rings is 1. The molecule has 5 heteroatoms. The topological polar surface area (TPSA) is 60.1 Å². The van der Waals surface area contributed by atoms with Crippen LogP contribution in [-0.4, -0.2) is 15.5 Å². The van der Waals surface area contributed by atoms with E-state index in [1.165, 1.54) is 0 Å². The fourth-order valence-corrected chi connectivity index (χ4v) is 1.88. The van der Waals surface area contributed by atoms with Crippen molar-refractivity contribution in [3.63, 3.8) is 0 Å². The molecule has 2 aromatic heterocycles. The van der Waals surface area contributed by atoms with E-state index < -0.39 is 0 Å². The van der Waals surface area contributed by atoms with Crippen molar-refractivity contribution in [3.05, 3.63) is 72.7 Å². The van der Waals surface area contributed by atoms with E-state index in [9.17, 15) is 4.79 Å². The molecule has 0 saturated carbocycles. The minimum Gasteiger partial charge on any atom is -0.467 e. The second kappa shape index (κ2) is 5.44. The van der Waals surface area contributed by atoms with Gasteiger partial charge in [0, 0.05) is 23.6 Å². The molecule has 2 heterocycles. The van der Waals surface area contributed by atoms with Crippen LogP contribution >= 0.6 is 0 Å². The Bertz CT molecular complexity index is 671. The lowest BCUT2D eigenvalue weighted by molar-refractivity contribution is 0.0948. The van der Waals surface area contributed by atoms with Crippen LogP contribution in [-0.2, 0) is 6.54 Å². The summed E-state index contributed by atoms with van der Waals surface area (Å²) in [6.07, 6.45) is 6.86. The highest BCUT2D eigenvalue weighted by Crippen LogP contribution is 2.09. The summed E-state index contributed by atoms with van der Waals surface area (Å²) in [5.41, 5.74) is 1.57. The Labute approximate surface area is 115 Å². The summed E-state index contributed by atoms with van der Waals surface area (Å²) in [7, 11) is 0. The molecule has 3 rings (SSSR count).